The van der Waals surface area contributed by atoms with Gasteiger partial charge in [-0.15, -0.1) is 0 Å². The van der Waals surface area contributed by atoms with Gasteiger partial charge < -0.3 is 10.1 Å². The van der Waals surface area contributed by atoms with Crippen molar-refractivity contribution in [2.24, 2.45) is 11.3 Å². The van der Waals surface area contributed by atoms with Crippen LogP contribution in [-0.2, 0) is 4.74 Å². The molecule has 2 unspecified atom stereocenters. The average molecular weight is 254 g/mol. The Morgan fingerprint density at radius 2 is 2.06 bits per heavy atom. The van der Waals surface area contributed by atoms with E-state index in [9.17, 15) is 0 Å². The standard InChI is InChI=1S/C15H30N2O/c1-13(12-17-7-9-18-10-8-17)16-11-14-5-4-6-15(14,2)3/h13-14,16H,4-12H2,1-3H3. The molecule has 1 aliphatic carbocycles. The highest BCUT2D eigenvalue weighted by molar-refractivity contribution is 4.86. The highest BCUT2D eigenvalue weighted by Crippen LogP contribution is 2.42. The number of rotatable bonds is 5. The minimum atomic E-state index is 0.547. The fourth-order valence-electron chi connectivity index (χ4n) is 3.36. The summed E-state index contributed by atoms with van der Waals surface area (Å²) in [6.07, 6.45) is 4.22. The second-order valence-electron chi connectivity index (χ2n) is 6.80. The summed E-state index contributed by atoms with van der Waals surface area (Å²) >= 11 is 0. The van der Waals surface area contributed by atoms with Gasteiger partial charge in [-0.3, -0.25) is 4.90 Å². The van der Waals surface area contributed by atoms with Crippen LogP contribution in [0.3, 0.4) is 0 Å². The number of morpholine rings is 1. The molecule has 0 bridgehead atoms. The van der Waals surface area contributed by atoms with Crippen LogP contribution in [0.5, 0.6) is 0 Å². The molecule has 18 heavy (non-hydrogen) atoms. The maximum atomic E-state index is 5.39. The molecule has 1 aliphatic heterocycles. The van der Waals surface area contributed by atoms with E-state index >= 15 is 0 Å². The van der Waals surface area contributed by atoms with Crippen LogP contribution in [0.1, 0.15) is 40.0 Å². The lowest BCUT2D eigenvalue weighted by molar-refractivity contribution is 0.0340. The van der Waals surface area contributed by atoms with E-state index in [1.807, 2.05) is 0 Å². The molecule has 1 saturated carbocycles. The fourth-order valence-corrected chi connectivity index (χ4v) is 3.36. The first-order valence-electron chi connectivity index (χ1n) is 7.61. The largest absolute Gasteiger partial charge is 0.379 e. The molecule has 0 aromatic heterocycles. The molecule has 3 heteroatoms. The molecule has 1 heterocycles. The van der Waals surface area contributed by atoms with E-state index in [4.69, 9.17) is 4.74 Å². The Morgan fingerprint density at radius 1 is 1.33 bits per heavy atom. The summed E-state index contributed by atoms with van der Waals surface area (Å²) in [4.78, 5) is 2.51. The Kier molecular flexibility index (Phi) is 5.05. The Morgan fingerprint density at radius 3 is 2.67 bits per heavy atom. The molecular weight excluding hydrogens is 224 g/mol. The molecule has 0 spiro atoms. The minimum absolute atomic E-state index is 0.547. The third-order valence-corrected chi connectivity index (χ3v) is 4.83. The van der Waals surface area contributed by atoms with Gasteiger partial charge in [-0.25, -0.2) is 0 Å². The van der Waals surface area contributed by atoms with E-state index in [0.29, 0.717) is 11.5 Å². The molecule has 1 saturated heterocycles. The van der Waals surface area contributed by atoms with Crippen LogP contribution in [-0.4, -0.2) is 50.3 Å². The maximum Gasteiger partial charge on any atom is 0.0594 e. The van der Waals surface area contributed by atoms with Crippen molar-refractivity contribution < 1.29 is 4.74 Å². The van der Waals surface area contributed by atoms with E-state index in [1.165, 1.54) is 25.8 Å². The zero-order valence-electron chi connectivity index (χ0n) is 12.4. The van der Waals surface area contributed by atoms with Gasteiger partial charge >= 0.3 is 0 Å². The molecule has 0 amide bonds. The summed E-state index contributed by atoms with van der Waals surface area (Å²) in [5.41, 5.74) is 0.547. The molecule has 2 atom stereocenters. The number of hydrogen-bond acceptors (Lipinski definition) is 3. The Labute approximate surface area is 112 Å². The first kappa shape index (κ1) is 14.3. The van der Waals surface area contributed by atoms with E-state index < -0.39 is 0 Å². The van der Waals surface area contributed by atoms with Gasteiger partial charge in [0, 0.05) is 25.7 Å². The molecule has 0 aromatic carbocycles. The van der Waals surface area contributed by atoms with E-state index in [2.05, 4.69) is 31.0 Å². The van der Waals surface area contributed by atoms with Gasteiger partial charge in [-0.2, -0.15) is 0 Å². The number of nitrogens with one attached hydrogen (secondary N) is 1. The summed E-state index contributed by atoms with van der Waals surface area (Å²) in [5, 5.41) is 3.74. The first-order valence-corrected chi connectivity index (χ1v) is 7.61. The van der Waals surface area contributed by atoms with Crippen LogP contribution in [0.4, 0.5) is 0 Å². The summed E-state index contributed by atoms with van der Waals surface area (Å²) < 4.78 is 5.39. The lowest BCUT2D eigenvalue weighted by atomic mass is 9.82. The molecule has 2 rings (SSSR count). The monoisotopic (exact) mass is 254 g/mol. The quantitative estimate of drug-likeness (QED) is 0.813. The Balaban J connectivity index is 1.66. The molecule has 2 aliphatic rings. The second kappa shape index (κ2) is 6.36. The summed E-state index contributed by atoms with van der Waals surface area (Å²) in [6, 6.07) is 0.597. The molecule has 0 aromatic rings. The second-order valence-corrected chi connectivity index (χ2v) is 6.80. The summed E-state index contributed by atoms with van der Waals surface area (Å²) in [5.74, 6) is 0.865. The zero-order chi connectivity index (χ0) is 13.0. The number of ether oxygens (including phenoxy) is 1. The van der Waals surface area contributed by atoms with Crippen LogP contribution in [0, 0.1) is 11.3 Å². The van der Waals surface area contributed by atoms with Crippen molar-refractivity contribution in [1.82, 2.24) is 10.2 Å². The van der Waals surface area contributed by atoms with Crippen molar-refractivity contribution in [3.63, 3.8) is 0 Å². The lowest BCUT2D eigenvalue weighted by Gasteiger charge is -2.32. The van der Waals surface area contributed by atoms with Crippen molar-refractivity contribution in [2.45, 2.75) is 46.1 Å². The van der Waals surface area contributed by atoms with Crippen LogP contribution >= 0.6 is 0 Å². The molecule has 3 nitrogen and oxygen atoms in total. The van der Waals surface area contributed by atoms with E-state index in [0.717, 1.165) is 38.8 Å². The zero-order valence-corrected chi connectivity index (χ0v) is 12.4. The predicted molar refractivity (Wildman–Crippen MR) is 75.8 cm³/mol. The van der Waals surface area contributed by atoms with Crippen LogP contribution in [0.15, 0.2) is 0 Å². The molecule has 0 radical (unpaired) electrons. The Hall–Kier alpha value is -0.120. The van der Waals surface area contributed by atoms with Crippen molar-refractivity contribution in [3.05, 3.63) is 0 Å². The van der Waals surface area contributed by atoms with Crippen LogP contribution in [0.2, 0.25) is 0 Å². The summed E-state index contributed by atoms with van der Waals surface area (Å²) in [6.45, 7) is 13.5. The van der Waals surface area contributed by atoms with Crippen molar-refractivity contribution in [1.29, 1.82) is 0 Å². The molecule has 2 fully saturated rings. The maximum absolute atomic E-state index is 5.39. The lowest BCUT2D eigenvalue weighted by Crippen LogP contribution is -2.46. The fraction of sp³-hybridized carbons (Fsp3) is 1.00. The van der Waals surface area contributed by atoms with Gasteiger partial charge in [-0.05, 0) is 37.6 Å². The van der Waals surface area contributed by atoms with Gasteiger partial charge in [0.2, 0.25) is 0 Å². The van der Waals surface area contributed by atoms with Crippen molar-refractivity contribution in [3.8, 4) is 0 Å². The molecule has 106 valence electrons. The summed E-state index contributed by atoms with van der Waals surface area (Å²) in [7, 11) is 0. The normalized spacial score (nSPS) is 30.5. The molecular formula is C15H30N2O. The van der Waals surface area contributed by atoms with Gasteiger partial charge in [0.1, 0.15) is 0 Å². The van der Waals surface area contributed by atoms with E-state index in [-0.39, 0.29) is 0 Å². The highest BCUT2D eigenvalue weighted by atomic mass is 16.5. The van der Waals surface area contributed by atoms with Crippen molar-refractivity contribution >= 4 is 0 Å². The van der Waals surface area contributed by atoms with Crippen LogP contribution in [0.25, 0.3) is 0 Å². The van der Waals surface area contributed by atoms with Gasteiger partial charge in [0.15, 0.2) is 0 Å². The smallest absolute Gasteiger partial charge is 0.0594 e. The minimum Gasteiger partial charge on any atom is -0.379 e. The number of nitrogens with zero attached hydrogens (tertiary/aromatic N) is 1. The van der Waals surface area contributed by atoms with E-state index in [1.54, 1.807) is 0 Å². The average Bonchev–Trinajstić information content (AvgIpc) is 2.67. The topological polar surface area (TPSA) is 24.5 Å². The van der Waals surface area contributed by atoms with Gasteiger partial charge in [0.25, 0.3) is 0 Å². The van der Waals surface area contributed by atoms with Crippen molar-refractivity contribution in [2.75, 3.05) is 39.4 Å². The van der Waals surface area contributed by atoms with Gasteiger partial charge in [0.05, 0.1) is 13.2 Å². The SMILES string of the molecule is CC(CN1CCOCC1)NCC1CCCC1(C)C. The first-order chi connectivity index (χ1) is 8.58. The highest BCUT2D eigenvalue weighted by Gasteiger charge is 2.34. The predicted octanol–water partition coefficient (Wildman–Crippen LogP) is 2.12. The molecule has 1 N–H and O–H groups in total. The third kappa shape index (κ3) is 3.94. The Bertz CT molecular complexity index is 249. The van der Waals surface area contributed by atoms with Crippen LogP contribution < -0.4 is 5.32 Å². The van der Waals surface area contributed by atoms with Gasteiger partial charge in [-0.1, -0.05) is 20.3 Å². The third-order valence-electron chi connectivity index (χ3n) is 4.83. The number of hydrogen-bond donors (Lipinski definition) is 1.